The van der Waals surface area contributed by atoms with Gasteiger partial charge in [0.1, 0.15) is 29.6 Å². The molecule has 0 spiro atoms. The van der Waals surface area contributed by atoms with E-state index in [-0.39, 0.29) is 36.0 Å². The Morgan fingerprint density at radius 2 is 1.83 bits per heavy atom. The molecule has 6 atom stereocenters. The third-order valence-corrected chi connectivity index (χ3v) is 9.15. The van der Waals surface area contributed by atoms with Crippen LogP contribution in [0.1, 0.15) is 87.0 Å². The molecule has 1 saturated carbocycles. The molecule has 0 N–H and O–H groups in total. The molecular weight excluding hydrogens is 622 g/mol. The lowest BCUT2D eigenvalue weighted by Crippen LogP contribution is -2.50. The van der Waals surface area contributed by atoms with E-state index in [1.54, 1.807) is 46.1 Å². The number of halogens is 1. The van der Waals surface area contributed by atoms with Gasteiger partial charge in [0, 0.05) is 12.0 Å². The number of unbranched alkanes of at least 4 members (excludes halogenated alkanes) is 1. The Kier molecular flexibility index (Phi) is 11.5. The van der Waals surface area contributed by atoms with Gasteiger partial charge in [0.15, 0.2) is 5.15 Å². The molecule has 0 unspecified atom stereocenters. The van der Waals surface area contributed by atoms with Crippen LogP contribution >= 0.6 is 11.6 Å². The number of carbonyl (C=O) groups excluding carboxylic acids is 3. The summed E-state index contributed by atoms with van der Waals surface area (Å²) in [6, 6.07) is 4.31. The molecule has 4 rings (SSSR count). The van der Waals surface area contributed by atoms with Gasteiger partial charge >= 0.3 is 11.9 Å². The number of fused-ring (bicyclic) bond motifs is 1. The van der Waals surface area contributed by atoms with Crippen LogP contribution in [0.3, 0.4) is 0 Å². The van der Waals surface area contributed by atoms with Crippen molar-refractivity contribution in [3.8, 4) is 11.6 Å². The first-order valence-corrected chi connectivity index (χ1v) is 17.0. The highest BCUT2D eigenvalue weighted by Crippen LogP contribution is 2.41. The van der Waals surface area contributed by atoms with Crippen molar-refractivity contribution in [1.29, 1.82) is 0 Å². The maximum atomic E-state index is 14.5. The molecule has 47 heavy (non-hydrogen) atoms. The highest BCUT2D eigenvalue weighted by atomic mass is 35.5. The summed E-state index contributed by atoms with van der Waals surface area (Å²) in [5.41, 5.74) is -0.293. The van der Waals surface area contributed by atoms with Crippen LogP contribution < -0.4 is 9.47 Å². The van der Waals surface area contributed by atoms with Crippen LogP contribution in [0.4, 0.5) is 0 Å². The highest BCUT2D eigenvalue weighted by Gasteiger charge is 2.52. The van der Waals surface area contributed by atoms with Gasteiger partial charge in [-0.3, -0.25) is 9.59 Å². The SMILES string of the molecule is C=CCCC[C@@H]1C[C@H]1OC(=O)C[C@H](C(=O)N1C[C@H](Oc2nc3cc(OC)ccc3nc2Cl)[C@@H](CC)[C@H]1C(=O)OC(C)(C)C)C(C)(C)C. The number of rotatable bonds is 13. The Balaban J connectivity index is 1.60. The molecule has 1 aliphatic carbocycles. The molecule has 2 heterocycles. The summed E-state index contributed by atoms with van der Waals surface area (Å²) in [6.07, 6.45) is 5.31. The fraction of sp³-hybridized carbons (Fsp3) is 0.639. The maximum Gasteiger partial charge on any atom is 0.329 e. The van der Waals surface area contributed by atoms with Gasteiger partial charge in [-0.2, -0.15) is 0 Å². The predicted molar refractivity (Wildman–Crippen MR) is 180 cm³/mol. The molecule has 1 aromatic heterocycles. The molecule has 2 fully saturated rings. The van der Waals surface area contributed by atoms with Crippen LogP contribution in [-0.2, 0) is 23.9 Å². The average Bonchev–Trinajstić information content (AvgIpc) is 3.60. The first-order valence-electron chi connectivity index (χ1n) is 16.6. The van der Waals surface area contributed by atoms with Crippen molar-refractivity contribution in [2.45, 2.75) is 111 Å². The largest absolute Gasteiger partial charge is 0.497 e. The number of hydrogen-bond donors (Lipinski definition) is 0. The Bertz CT molecular complexity index is 1470. The summed E-state index contributed by atoms with van der Waals surface area (Å²) in [4.78, 5) is 52.1. The van der Waals surface area contributed by atoms with E-state index in [1.165, 1.54) is 4.90 Å². The highest BCUT2D eigenvalue weighted by molar-refractivity contribution is 6.31. The van der Waals surface area contributed by atoms with Crippen LogP contribution in [0, 0.1) is 23.2 Å². The van der Waals surface area contributed by atoms with Crippen LogP contribution in [0.15, 0.2) is 30.9 Å². The van der Waals surface area contributed by atoms with Crippen molar-refractivity contribution in [3.63, 3.8) is 0 Å². The van der Waals surface area contributed by atoms with Gasteiger partial charge in [-0.15, -0.1) is 6.58 Å². The van der Waals surface area contributed by atoms with Crippen molar-refractivity contribution in [2.75, 3.05) is 13.7 Å². The molecule has 2 aliphatic rings. The van der Waals surface area contributed by atoms with E-state index >= 15 is 0 Å². The summed E-state index contributed by atoms with van der Waals surface area (Å²) in [6.45, 7) is 16.9. The van der Waals surface area contributed by atoms with Crippen molar-refractivity contribution in [1.82, 2.24) is 14.9 Å². The van der Waals surface area contributed by atoms with E-state index in [4.69, 9.17) is 30.5 Å². The number of amides is 1. The summed E-state index contributed by atoms with van der Waals surface area (Å²) in [7, 11) is 1.56. The van der Waals surface area contributed by atoms with Crippen molar-refractivity contribution < 1.29 is 33.3 Å². The minimum absolute atomic E-state index is 0.0642. The number of esters is 2. The zero-order valence-corrected chi connectivity index (χ0v) is 29.8. The Morgan fingerprint density at radius 1 is 1.11 bits per heavy atom. The Labute approximate surface area is 283 Å². The van der Waals surface area contributed by atoms with E-state index in [9.17, 15) is 14.4 Å². The quantitative estimate of drug-likeness (QED) is 0.127. The van der Waals surface area contributed by atoms with Gasteiger partial charge in [0.25, 0.3) is 5.88 Å². The van der Waals surface area contributed by atoms with Gasteiger partial charge in [0.2, 0.25) is 5.91 Å². The number of hydrogen-bond acceptors (Lipinski definition) is 9. The topological polar surface area (TPSA) is 117 Å². The van der Waals surface area contributed by atoms with Crippen molar-refractivity contribution in [3.05, 3.63) is 36.0 Å². The van der Waals surface area contributed by atoms with Gasteiger partial charge in [0.05, 0.1) is 37.0 Å². The first-order chi connectivity index (χ1) is 22.1. The minimum Gasteiger partial charge on any atom is -0.497 e. The third kappa shape index (κ3) is 9.15. The zero-order valence-electron chi connectivity index (χ0n) is 29.0. The van der Waals surface area contributed by atoms with E-state index < -0.39 is 46.9 Å². The average molecular weight is 672 g/mol. The second-order valence-corrected chi connectivity index (χ2v) is 15.1. The van der Waals surface area contributed by atoms with Crippen molar-refractivity contribution in [2.24, 2.45) is 23.2 Å². The fourth-order valence-electron chi connectivity index (χ4n) is 6.26. The Hall–Kier alpha value is -3.40. The molecule has 0 radical (unpaired) electrons. The molecule has 0 bridgehead atoms. The third-order valence-electron chi connectivity index (χ3n) is 8.90. The summed E-state index contributed by atoms with van der Waals surface area (Å²) in [5.74, 6) is -1.40. The van der Waals surface area contributed by atoms with E-state index in [2.05, 4.69) is 16.5 Å². The standard InChI is InChI=1S/C36H50ClN3O7/c1-10-12-13-14-21-17-27(21)45-29(41)19-24(35(3,4)5)33(42)40-20-28(23(11-2)30(40)34(43)47-36(6,7)8)46-32-31(37)38-25-16-15-22(44-9)18-26(25)39-32/h10,15-16,18,21,23-24,27-28,30H,1,11-14,17,19-20H2,2-9H3/t21-,23-,24-,27-,28+,30+/m1/s1. The lowest BCUT2D eigenvalue weighted by atomic mass is 9.77. The monoisotopic (exact) mass is 671 g/mol. The van der Waals surface area contributed by atoms with Gasteiger partial charge in [-0.05, 0) is 76.3 Å². The van der Waals surface area contributed by atoms with Crippen LogP contribution in [0.2, 0.25) is 5.15 Å². The molecule has 1 saturated heterocycles. The second-order valence-electron chi connectivity index (χ2n) is 14.7. The molecule has 10 nitrogen and oxygen atoms in total. The van der Waals surface area contributed by atoms with E-state index in [0.29, 0.717) is 29.1 Å². The summed E-state index contributed by atoms with van der Waals surface area (Å²) < 4.78 is 23.4. The lowest BCUT2D eigenvalue weighted by molar-refractivity contribution is -0.167. The van der Waals surface area contributed by atoms with E-state index in [1.807, 2.05) is 33.8 Å². The summed E-state index contributed by atoms with van der Waals surface area (Å²) in [5, 5.41) is 0.0642. The predicted octanol–water partition coefficient (Wildman–Crippen LogP) is 6.96. The lowest BCUT2D eigenvalue weighted by Gasteiger charge is -2.35. The van der Waals surface area contributed by atoms with E-state index in [0.717, 1.165) is 25.7 Å². The zero-order chi connectivity index (χ0) is 34.7. The number of allylic oxidation sites excluding steroid dienone is 1. The molecule has 2 aromatic rings. The molecule has 11 heteroatoms. The second kappa shape index (κ2) is 14.8. The molecule has 1 aromatic carbocycles. The number of methoxy groups -OCH3 is 1. The van der Waals surface area contributed by atoms with Gasteiger partial charge in [-0.25, -0.2) is 14.8 Å². The summed E-state index contributed by atoms with van der Waals surface area (Å²) >= 11 is 6.53. The smallest absolute Gasteiger partial charge is 0.329 e. The number of nitrogens with zero attached hydrogens (tertiary/aromatic N) is 3. The van der Waals surface area contributed by atoms with Gasteiger partial charge < -0.3 is 23.8 Å². The number of carbonyl (C=O) groups is 3. The molecule has 258 valence electrons. The number of ether oxygens (including phenoxy) is 4. The van der Waals surface area contributed by atoms with Crippen molar-refractivity contribution >= 4 is 40.5 Å². The maximum absolute atomic E-state index is 14.5. The molecule has 1 aliphatic heterocycles. The van der Waals surface area contributed by atoms with Crippen LogP contribution in [0.25, 0.3) is 11.0 Å². The normalized spacial score (nSPS) is 23.3. The Morgan fingerprint density at radius 3 is 2.45 bits per heavy atom. The number of likely N-dealkylation sites (tertiary alicyclic amines) is 1. The number of aromatic nitrogens is 2. The number of benzene rings is 1. The first kappa shape index (κ1) is 36.4. The molecular formula is C36H50ClN3O7. The van der Waals surface area contributed by atoms with Crippen LogP contribution in [-0.4, -0.2) is 70.2 Å². The minimum atomic E-state index is -0.942. The fourth-order valence-corrected chi connectivity index (χ4v) is 6.44. The van der Waals surface area contributed by atoms with Gasteiger partial charge in [-0.1, -0.05) is 45.4 Å². The molecule has 1 amide bonds. The van der Waals surface area contributed by atoms with Crippen LogP contribution in [0.5, 0.6) is 11.6 Å².